The molecule has 0 radical (unpaired) electrons. The first-order chi connectivity index (χ1) is 10.4. The summed E-state index contributed by atoms with van der Waals surface area (Å²) in [6.07, 6.45) is 0. The van der Waals surface area contributed by atoms with Crippen LogP contribution in [0.1, 0.15) is 27.0 Å². The second kappa shape index (κ2) is 6.22. The molecular weight excluding hydrogens is 280 g/mol. The van der Waals surface area contributed by atoms with Gasteiger partial charge < -0.3 is 10.2 Å². The van der Waals surface area contributed by atoms with E-state index < -0.39 is 0 Å². The number of carbonyl (C=O) groups is 1. The molecule has 4 N–H and O–H groups in total. The van der Waals surface area contributed by atoms with Gasteiger partial charge in [-0.25, -0.2) is 0 Å². The quantitative estimate of drug-likeness (QED) is 0.654. The average Bonchev–Trinajstić information content (AvgIpc) is 2.44. The summed E-state index contributed by atoms with van der Waals surface area (Å²) < 4.78 is 0. The van der Waals surface area contributed by atoms with Crippen molar-refractivity contribution in [3.8, 4) is 11.5 Å². The number of aryl methyl sites for hydroxylation is 2. The summed E-state index contributed by atoms with van der Waals surface area (Å²) in [7, 11) is 0. The fourth-order valence-corrected chi connectivity index (χ4v) is 2.11. The molecule has 2 aromatic carbocycles. The minimum atomic E-state index is -0.295. The molecule has 1 amide bonds. The van der Waals surface area contributed by atoms with Crippen molar-refractivity contribution in [1.29, 1.82) is 0 Å². The fourth-order valence-electron chi connectivity index (χ4n) is 2.11. The van der Waals surface area contributed by atoms with Crippen molar-refractivity contribution >= 4 is 11.6 Å². The lowest BCUT2D eigenvalue weighted by atomic mass is 10.1. The van der Waals surface area contributed by atoms with Gasteiger partial charge in [0.15, 0.2) is 0 Å². The van der Waals surface area contributed by atoms with Crippen LogP contribution in [0.4, 0.5) is 0 Å². The molecule has 0 aliphatic carbocycles. The van der Waals surface area contributed by atoms with Gasteiger partial charge in [0.05, 0.1) is 5.70 Å². The van der Waals surface area contributed by atoms with Gasteiger partial charge in [-0.15, -0.1) is 0 Å². The lowest BCUT2D eigenvalue weighted by molar-refractivity contribution is 0.0942. The third-order valence-electron chi connectivity index (χ3n) is 3.26. The maximum atomic E-state index is 12.1. The first-order valence-electron chi connectivity index (χ1n) is 6.73. The molecule has 2 aromatic rings. The monoisotopic (exact) mass is 298 g/mol. The summed E-state index contributed by atoms with van der Waals surface area (Å²) in [5, 5.41) is 19.0. The zero-order valence-corrected chi connectivity index (χ0v) is 12.5. The first-order valence-corrected chi connectivity index (χ1v) is 6.73. The summed E-state index contributed by atoms with van der Waals surface area (Å²) in [6.45, 7) is 7.57. The van der Waals surface area contributed by atoms with E-state index in [4.69, 9.17) is 0 Å². The first kappa shape index (κ1) is 15.4. The van der Waals surface area contributed by atoms with Crippen LogP contribution in [-0.4, -0.2) is 16.1 Å². The lowest BCUT2D eigenvalue weighted by Crippen LogP contribution is -2.36. The third-order valence-corrected chi connectivity index (χ3v) is 3.26. The molecule has 0 bridgehead atoms. The van der Waals surface area contributed by atoms with E-state index >= 15 is 0 Å². The highest BCUT2D eigenvalue weighted by Crippen LogP contribution is 2.26. The van der Waals surface area contributed by atoms with Crippen molar-refractivity contribution < 1.29 is 15.0 Å². The Morgan fingerprint density at radius 2 is 1.68 bits per heavy atom. The maximum Gasteiger partial charge on any atom is 0.269 e. The van der Waals surface area contributed by atoms with Gasteiger partial charge in [0.2, 0.25) is 0 Å². The zero-order valence-electron chi connectivity index (χ0n) is 12.5. The number of amides is 1. The van der Waals surface area contributed by atoms with E-state index in [0.717, 1.165) is 11.1 Å². The van der Waals surface area contributed by atoms with E-state index in [1.807, 2.05) is 26.0 Å². The summed E-state index contributed by atoms with van der Waals surface area (Å²) in [5.74, 6) is -0.469. The molecule has 0 aliphatic heterocycles. The van der Waals surface area contributed by atoms with Crippen molar-refractivity contribution in [2.45, 2.75) is 13.8 Å². The summed E-state index contributed by atoms with van der Waals surface area (Å²) in [5.41, 5.74) is 8.42. The number of rotatable bonds is 4. The number of phenols is 2. The number of carbonyl (C=O) groups excluding carboxylic acids is 1. The van der Waals surface area contributed by atoms with Gasteiger partial charge in [-0.05, 0) is 37.6 Å². The predicted octanol–water partition coefficient (Wildman–Crippen LogP) is 2.62. The molecule has 0 saturated carbocycles. The van der Waals surface area contributed by atoms with Crippen molar-refractivity contribution in [2.24, 2.45) is 0 Å². The van der Waals surface area contributed by atoms with Gasteiger partial charge in [-0.1, -0.05) is 24.3 Å². The number of benzene rings is 2. The average molecular weight is 298 g/mol. The third kappa shape index (κ3) is 3.38. The van der Waals surface area contributed by atoms with Crippen LogP contribution in [0.2, 0.25) is 0 Å². The Balaban J connectivity index is 2.06. The van der Waals surface area contributed by atoms with Crippen molar-refractivity contribution in [1.82, 2.24) is 10.9 Å². The smallest absolute Gasteiger partial charge is 0.269 e. The SMILES string of the molecule is C=C(NNC(=O)c1ccc(C)cc1C)c1ccc(O)cc1O. The zero-order chi connectivity index (χ0) is 16.3. The fraction of sp³-hybridized carbons (Fsp3) is 0.118. The molecule has 5 nitrogen and oxygen atoms in total. The van der Waals surface area contributed by atoms with Crippen molar-refractivity contribution in [2.75, 3.05) is 0 Å². The molecule has 0 saturated heterocycles. The Kier molecular flexibility index (Phi) is 4.36. The molecule has 2 rings (SSSR count). The van der Waals surface area contributed by atoms with Crippen LogP contribution in [0, 0.1) is 13.8 Å². The van der Waals surface area contributed by atoms with Crippen LogP contribution in [-0.2, 0) is 0 Å². The number of hydrogen-bond acceptors (Lipinski definition) is 4. The van der Waals surface area contributed by atoms with Crippen LogP contribution in [0.25, 0.3) is 5.70 Å². The molecule has 0 aromatic heterocycles. The summed E-state index contributed by atoms with van der Waals surface area (Å²) >= 11 is 0. The molecule has 5 heteroatoms. The van der Waals surface area contributed by atoms with Crippen LogP contribution in [0.3, 0.4) is 0 Å². The Labute approximate surface area is 128 Å². The van der Waals surface area contributed by atoms with Crippen molar-refractivity contribution in [3.63, 3.8) is 0 Å². The highest BCUT2D eigenvalue weighted by molar-refractivity contribution is 5.95. The van der Waals surface area contributed by atoms with Gasteiger partial charge in [0, 0.05) is 17.2 Å². The van der Waals surface area contributed by atoms with Crippen LogP contribution in [0.15, 0.2) is 43.0 Å². The molecule has 0 atom stereocenters. The van der Waals surface area contributed by atoms with Gasteiger partial charge >= 0.3 is 0 Å². The van der Waals surface area contributed by atoms with Crippen LogP contribution < -0.4 is 10.9 Å². The lowest BCUT2D eigenvalue weighted by Gasteiger charge is -2.13. The van der Waals surface area contributed by atoms with E-state index in [1.165, 1.54) is 18.2 Å². The highest BCUT2D eigenvalue weighted by Gasteiger charge is 2.10. The van der Waals surface area contributed by atoms with Gasteiger partial charge in [0.1, 0.15) is 11.5 Å². The van der Waals surface area contributed by atoms with Gasteiger partial charge in [0.25, 0.3) is 5.91 Å². The normalized spacial score (nSPS) is 10.1. The summed E-state index contributed by atoms with van der Waals surface area (Å²) in [4.78, 5) is 12.1. The topological polar surface area (TPSA) is 81.6 Å². The van der Waals surface area contributed by atoms with Gasteiger partial charge in [-0.2, -0.15) is 0 Å². The minimum absolute atomic E-state index is 0.0478. The van der Waals surface area contributed by atoms with E-state index in [2.05, 4.69) is 17.4 Å². The maximum absolute atomic E-state index is 12.1. The second-order valence-electron chi connectivity index (χ2n) is 5.08. The molecule has 0 spiro atoms. The number of hydrogen-bond donors (Lipinski definition) is 4. The van der Waals surface area contributed by atoms with Crippen LogP contribution in [0.5, 0.6) is 11.5 Å². The van der Waals surface area contributed by atoms with Crippen molar-refractivity contribution in [3.05, 3.63) is 65.2 Å². The van der Waals surface area contributed by atoms with E-state index in [9.17, 15) is 15.0 Å². The number of phenolic OH excluding ortho intramolecular Hbond substituents is 2. The number of nitrogens with one attached hydrogen (secondary N) is 2. The van der Waals surface area contributed by atoms with E-state index in [1.54, 1.807) is 6.07 Å². The standard InChI is InChI=1S/C17H18N2O3/c1-10-4-6-14(11(2)8-10)17(22)19-18-12(3)15-7-5-13(20)9-16(15)21/h4-9,18,20-21H,3H2,1-2H3,(H,19,22). The number of hydrazine groups is 1. The molecule has 0 aliphatic rings. The number of aromatic hydroxyl groups is 2. The predicted molar refractivity (Wildman–Crippen MR) is 85.3 cm³/mol. The molecule has 114 valence electrons. The molecule has 0 heterocycles. The van der Waals surface area contributed by atoms with E-state index in [0.29, 0.717) is 16.8 Å². The Hall–Kier alpha value is -2.95. The largest absolute Gasteiger partial charge is 0.508 e. The Bertz CT molecular complexity index is 675. The highest BCUT2D eigenvalue weighted by atomic mass is 16.3. The molecule has 22 heavy (non-hydrogen) atoms. The van der Waals surface area contributed by atoms with E-state index in [-0.39, 0.29) is 17.4 Å². The van der Waals surface area contributed by atoms with Crippen LogP contribution >= 0.6 is 0 Å². The molecular formula is C17H18N2O3. The second-order valence-corrected chi connectivity index (χ2v) is 5.08. The summed E-state index contributed by atoms with van der Waals surface area (Å²) in [6, 6.07) is 9.67. The Morgan fingerprint density at radius 1 is 1.00 bits per heavy atom. The Morgan fingerprint density at radius 3 is 2.32 bits per heavy atom. The minimum Gasteiger partial charge on any atom is -0.508 e. The molecule has 0 fully saturated rings. The molecule has 0 unspecified atom stereocenters. The van der Waals surface area contributed by atoms with Gasteiger partial charge in [-0.3, -0.25) is 15.6 Å².